The lowest BCUT2D eigenvalue weighted by atomic mass is 9.81. The lowest BCUT2D eigenvalue weighted by Crippen LogP contribution is -2.54. The van der Waals surface area contributed by atoms with Crippen molar-refractivity contribution in [2.24, 2.45) is 10.1 Å². The van der Waals surface area contributed by atoms with Crippen LogP contribution in [0.15, 0.2) is 76.8 Å². The number of carbonyl (C=O) groups excluding carboxylic acids is 1. The molecule has 1 heterocycles. The SMILES string of the molecule is [N-]=[N+]=Nc1ccccc1C[C@]1(C(=O)NNC2CC2)N=C(c2ccc(OCCCO)cc2)O[C@H]1c1ccc(Cl)cc1Cl. The fraction of sp³-hybridized carbons (Fsp3) is 0.310. The maximum atomic E-state index is 14.1. The number of rotatable bonds is 12. The van der Waals surface area contributed by atoms with Gasteiger partial charge in [-0.3, -0.25) is 10.2 Å². The Bertz CT molecular complexity index is 1490. The summed E-state index contributed by atoms with van der Waals surface area (Å²) < 4.78 is 12.1. The number of nitrogens with one attached hydrogen (secondary N) is 2. The van der Waals surface area contributed by atoms with E-state index in [0.717, 1.165) is 12.8 Å². The van der Waals surface area contributed by atoms with Gasteiger partial charge in [0.25, 0.3) is 5.91 Å². The molecule has 1 fully saturated rings. The van der Waals surface area contributed by atoms with Crippen LogP contribution in [0.5, 0.6) is 5.75 Å². The van der Waals surface area contributed by atoms with Crippen molar-refractivity contribution in [3.05, 3.63) is 104 Å². The van der Waals surface area contributed by atoms with Gasteiger partial charge in [-0.25, -0.2) is 10.4 Å². The number of aliphatic hydroxyl groups excluding tert-OH is 1. The van der Waals surface area contributed by atoms with Crippen molar-refractivity contribution >= 4 is 40.7 Å². The van der Waals surface area contributed by atoms with Crippen LogP contribution in [0, 0.1) is 0 Å². The van der Waals surface area contributed by atoms with Crippen LogP contribution < -0.4 is 15.6 Å². The first-order valence-corrected chi connectivity index (χ1v) is 13.9. The quantitative estimate of drug-likeness (QED) is 0.0777. The second-order valence-corrected chi connectivity index (χ2v) is 10.7. The van der Waals surface area contributed by atoms with E-state index in [2.05, 4.69) is 20.9 Å². The van der Waals surface area contributed by atoms with E-state index in [9.17, 15) is 4.79 Å². The van der Waals surface area contributed by atoms with E-state index < -0.39 is 17.6 Å². The predicted molar refractivity (Wildman–Crippen MR) is 156 cm³/mol. The van der Waals surface area contributed by atoms with Crippen LogP contribution >= 0.6 is 23.2 Å². The van der Waals surface area contributed by atoms with E-state index >= 15 is 0 Å². The van der Waals surface area contributed by atoms with E-state index in [4.69, 9.17) is 48.3 Å². The van der Waals surface area contributed by atoms with Crippen LogP contribution in [0.25, 0.3) is 10.4 Å². The Morgan fingerprint density at radius 3 is 2.66 bits per heavy atom. The number of amides is 1. The molecule has 1 saturated carbocycles. The summed E-state index contributed by atoms with van der Waals surface area (Å²) in [4.78, 5) is 22.1. The average molecular weight is 595 g/mol. The molecule has 0 bridgehead atoms. The van der Waals surface area contributed by atoms with Crippen molar-refractivity contribution in [3.8, 4) is 5.75 Å². The number of aliphatic imine (C=N–C) groups is 1. The van der Waals surface area contributed by atoms with Crippen LogP contribution in [-0.4, -0.2) is 41.7 Å². The number of benzene rings is 3. The van der Waals surface area contributed by atoms with Gasteiger partial charge in [-0.1, -0.05) is 58.6 Å². The molecule has 0 unspecified atom stereocenters. The second-order valence-electron chi connectivity index (χ2n) is 9.82. The number of halogens is 2. The van der Waals surface area contributed by atoms with Gasteiger partial charge in [0.05, 0.1) is 6.61 Å². The van der Waals surface area contributed by atoms with Gasteiger partial charge in [-0.2, -0.15) is 0 Å². The Hall–Kier alpha value is -3.79. The first-order valence-electron chi connectivity index (χ1n) is 13.2. The first kappa shape index (κ1) is 28.7. The molecule has 3 N–H and O–H groups in total. The van der Waals surface area contributed by atoms with Crippen LogP contribution in [0.2, 0.25) is 10.0 Å². The number of azide groups is 1. The highest BCUT2D eigenvalue weighted by atomic mass is 35.5. The zero-order valence-electron chi connectivity index (χ0n) is 22.0. The minimum atomic E-state index is -1.54. The lowest BCUT2D eigenvalue weighted by molar-refractivity contribution is -0.130. The standard InChI is InChI=1S/C29H28Cl2N6O4/c30-20-8-13-23(24(31)16-20)26-29(28(39)36-34-21-9-10-21,17-19-4-1-2-5-25(19)35-37-32)33-27(41-26)18-6-11-22(12-7-18)40-15-3-14-38/h1-2,4-8,11-13,16,21,26,34,38H,3,9-10,14-15,17H2,(H,36,39)/t26-,29-/m0/s1. The summed E-state index contributed by atoms with van der Waals surface area (Å²) >= 11 is 12.9. The normalized spacial score (nSPS) is 19.6. The molecule has 0 aromatic heterocycles. The molecule has 5 rings (SSSR count). The third kappa shape index (κ3) is 6.59. The average Bonchev–Trinajstić information content (AvgIpc) is 3.73. The van der Waals surface area contributed by atoms with Crippen molar-refractivity contribution in [2.45, 2.75) is 43.4 Å². The summed E-state index contributed by atoms with van der Waals surface area (Å²) in [5, 5.41) is 13.6. The molecule has 1 amide bonds. The van der Waals surface area contributed by atoms with Crippen LogP contribution in [-0.2, 0) is 16.0 Å². The second kappa shape index (κ2) is 12.8. The molecule has 0 saturated heterocycles. The number of hydrogen-bond donors (Lipinski definition) is 3. The maximum Gasteiger partial charge on any atom is 0.266 e. The van der Waals surface area contributed by atoms with Crippen molar-refractivity contribution in [1.29, 1.82) is 0 Å². The van der Waals surface area contributed by atoms with Gasteiger partial charge in [0.1, 0.15) is 5.75 Å². The first-order chi connectivity index (χ1) is 19.9. The maximum absolute atomic E-state index is 14.1. The van der Waals surface area contributed by atoms with Gasteiger partial charge in [0.2, 0.25) is 5.90 Å². The minimum absolute atomic E-state index is 0.0416. The molecule has 2 atom stereocenters. The Balaban J connectivity index is 1.60. The number of nitrogens with zero attached hydrogens (tertiary/aromatic N) is 4. The highest BCUT2D eigenvalue weighted by molar-refractivity contribution is 6.35. The number of aliphatic hydroxyl groups is 1. The molecule has 0 spiro atoms. The van der Waals surface area contributed by atoms with Crippen molar-refractivity contribution < 1.29 is 19.4 Å². The molecule has 1 aliphatic carbocycles. The Morgan fingerprint density at radius 2 is 1.95 bits per heavy atom. The topological polar surface area (TPSA) is 141 Å². The summed E-state index contributed by atoms with van der Waals surface area (Å²) in [5.41, 5.74) is 15.7. The van der Waals surface area contributed by atoms with E-state index in [1.165, 1.54) is 0 Å². The molecule has 212 valence electrons. The molecule has 3 aromatic carbocycles. The summed E-state index contributed by atoms with van der Waals surface area (Å²) in [6, 6.07) is 19.4. The zero-order valence-corrected chi connectivity index (χ0v) is 23.5. The lowest BCUT2D eigenvalue weighted by Gasteiger charge is -2.31. The number of carbonyl (C=O) groups is 1. The van der Waals surface area contributed by atoms with Crippen LogP contribution in [0.3, 0.4) is 0 Å². The third-order valence-electron chi connectivity index (χ3n) is 6.85. The highest BCUT2D eigenvalue weighted by Gasteiger charge is 2.54. The zero-order chi connectivity index (χ0) is 28.8. The van der Waals surface area contributed by atoms with Gasteiger partial charge in [-0.05, 0) is 60.3 Å². The Morgan fingerprint density at radius 1 is 1.17 bits per heavy atom. The van der Waals surface area contributed by atoms with E-state index in [-0.39, 0.29) is 25.0 Å². The van der Waals surface area contributed by atoms with Crippen LogP contribution in [0.1, 0.15) is 42.1 Å². The van der Waals surface area contributed by atoms with E-state index in [1.807, 2.05) is 0 Å². The molecular formula is C29H28Cl2N6O4. The number of hydrogen-bond acceptors (Lipinski definition) is 7. The number of hydrazine groups is 1. The Kier molecular flexibility index (Phi) is 8.97. The van der Waals surface area contributed by atoms with Gasteiger partial charge in [-0.15, -0.1) is 0 Å². The highest BCUT2D eigenvalue weighted by Crippen LogP contribution is 2.46. The minimum Gasteiger partial charge on any atom is -0.494 e. The molecule has 12 heteroatoms. The van der Waals surface area contributed by atoms with Crippen LogP contribution in [0.4, 0.5) is 5.69 Å². The van der Waals surface area contributed by atoms with Crippen molar-refractivity contribution in [3.63, 3.8) is 0 Å². The van der Waals surface area contributed by atoms with Gasteiger partial charge in [0, 0.05) is 57.3 Å². The summed E-state index contributed by atoms with van der Waals surface area (Å²) in [6.45, 7) is 0.423. The molecule has 41 heavy (non-hydrogen) atoms. The monoisotopic (exact) mass is 594 g/mol. The molecule has 3 aromatic rings. The summed E-state index contributed by atoms with van der Waals surface area (Å²) in [5.74, 6) is 0.444. The molecule has 1 aliphatic heterocycles. The smallest absolute Gasteiger partial charge is 0.266 e. The Labute approximate surface area is 246 Å². The molecular weight excluding hydrogens is 567 g/mol. The van der Waals surface area contributed by atoms with Gasteiger partial charge >= 0.3 is 0 Å². The van der Waals surface area contributed by atoms with Crippen molar-refractivity contribution in [2.75, 3.05) is 13.2 Å². The summed E-state index contributed by atoms with van der Waals surface area (Å²) in [7, 11) is 0. The summed E-state index contributed by atoms with van der Waals surface area (Å²) in [6.07, 6.45) is 1.54. The fourth-order valence-corrected chi connectivity index (χ4v) is 5.08. The van der Waals surface area contributed by atoms with Gasteiger partial charge in [0.15, 0.2) is 11.6 Å². The van der Waals surface area contributed by atoms with Crippen molar-refractivity contribution in [1.82, 2.24) is 10.9 Å². The molecule has 0 radical (unpaired) electrons. The molecule has 10 nitrogen and oxygen atoms in total. The fourth-order valence-electron chi connectivity index (χ4n) is 4.57. The number of ether oxygens (including phenoxy) is 2. The molecule has 2 aliphatic rings. The predicted octanol–water partition coefficient (Wildman–Crippen LogP) is 5.98. The third-order valence-corrected chi connectivity index (χ3v) is 7.41. The van der Waals surface area contributed by atoms with E-state index in [0.29, 0.717) is 51.2 Å². The van der Waals surface area contributed by atoms with Gasteiger partial charge < -0.3 is 14.6 Å². The largest absolute Gasteiger partial charge is 0.494 e. The van der Waals surface area contributed by atoms with E-state index in [1.54, 1.807) is 66.7 Å².